The summed E-state index contributed by atoms with van der Waals surface area (Å²) in [6, 6.07) is 9.69. The molecule has 1 amide bonds. The van der Waals surface area contributed by atoms with E-state index in [2.05, 4.69) is 4.98 Å². The smallest absolute Gasteiger partial charge is 0.234 e. The molecule has 0 N–H and O–H groups in total. The fraction of sp³-hybridized carbons (Fsp3) is 0.333. The average Bonchev–Trinajstić information content (AvgIpc) is 3.32. The Bertz CT molecular complexity index is 712. The Kier molecular flexibility index (Phi) is 3.38. The second-order valence-electron chi connectivity index (χ2n) is 6.17. The lowest BCUT2D eigenvalue weighted by Gasteiger charge is -2.34. The Balaban J connectivity index is 1.61. The van der Waals surface area contributed by atoms with Crippen LogP contribution in [0, 0.1) is 5.92 Å². The molecule has 4 heteroatoms. The summed E-state index contributed by atoms with van der Waals surface area (Å²) in [5.41, 5.74) is 3.11. The summed E-state index contributed by atoms with van der Waals surface area (Å²) in [7, 11) is 0. The number of benzene rings is 1. The van der Waals surface area contributed by atoms with Crippen molar-refractivity contribution < 1.29 is 4.79 Å². The molecule has 2 aromatic rings. The predicted octanol–water partition coefficient (Wildman–Crippen LogP) is 3.82. The van der Waals surface area contributed by atoms with Crippen LogP contribution in [0.25, 0.3) is 0 Å². The van der Waals surface area contributed by atoms with Gasteiger partial charge in [-0.2, -0.15) is 0 Å². The van der Waals surface area contributed by atoms with E-state index in [1.54, 1.807) is 12.4 Å². The third-order valence-corrected chi connectivity index (χ3v) is 4.95. The molecule has 22 heavy (non-hydrogen) atoms. The van der Waals surface area contributed by atoms with Crippen molar-refractivity contribution in [1.29, 1.82) is 0 Å². The molecule has 112 valence electrons. The van der Waals surface area contributed by atoms with E-state index >= 15 is 0 Å². The van der Waals surface area contributed by atoms with E-state index in [0.717, 1.165) is 34.8 Å². The van der Waals surface area contributed by atoms with Crippen molar-refractivity contribution in [3.05, 3.63) is 58.9 Å². The molecule has 2 aliphatic rings. The quantitative estimate of drug-likeness (QED) is 0.860. The highest BCUT2D eigenvalue weighted by Gasteiger charge is 2.38. The van der Waals surface area contributed by atoms with E-state index in [1.807, 2.05) is 35.2 Å². The third-order valence-electron chi connectivity index (χ3n) is 4.60. The largest absolute Gasteiger partial charge is 0.310 e. The van der Waals surface area contributed by atoms with E-state index < -0.39 is 0 Å². The van der Waals surface area contributed by atoms with Gasteiger partial charge in [-0.05, 0) is 54.5 Å². The van der Waals surface area contributed by atoms with Gasteiger partial charge in [0.05, 0.1) is 17.8 Å². The maximum Gasteiger partial charge on any atom is 0.234 e. The van der Waals surface area contributed by atoms with Gasteiger partial charge >= 0.3 is 0 Å². The van der Waals surface area contributed by atoms with E-state index in [9.17, 15) is 4.79 Å². The number of nitrogens with zero attached hydrogens (tertiary/aromatic N) is 2. The Morgan fingerprint density at radius 2 is 2.14 bits per heavy atom. The number of rotatable bonds is 4. The number of hydrogen-bond acceptors (Lipinski definition) is 2. The lowest BCUT2D eigenvalue weighted by Crippen LogP contribution is -2.40. The molecule has 0 aliphatic heterocycles. The first kappa shape index (κ1) is 13.8. The van der Waals surface area contributed by atoms with Crippen molar-refractivity contribution in [2.45, 2.75) is 25.2 Å². The first-order valence-corrected chi connectivity index (χ1v) is 8.10. The minimum atomic E-state index is -0.0624. The van der Waals surface area contributed by atoms with Crippen molar-refractivity contribution in [1.82, 2.24) is 4.98 Å². The second-order valence-corrected chi connectivity index (χ2v) is 6.57. The van der Waals surface area contributed by atoms with E-state index in [4.69, 9.17) is 11.6 Å². The van der Waals surface area contributed by atoms with Crippen LogP contribution >= 0.6 is 11.6 Å². The Morgan fingerprint density at radius 1 is 1.27 bits per heavy atom. The van der Waals surface area contributed by atoms with Gasteiger partial charge in [0.2, 0.25) is 5.91 Å². The maximum absolute atomic E-state index is 13.0. The van der Waals surface area contributed by atoms with Crippen LogP contribution in [0.4, 0.5) is 5.69 Å². The molecule has 1 unspecified atom stereocenters. The number of carbonyl (C=O) groups is 1. The highest BCUT2D eigenvalue weighted by Crippen LogP contribution is 2.42. The molecule has 0 saturated heterocycles. The van der Waals surface area contributed by atoms with Crippen LogP contribution in [0.15, 0.2) is 42.7 Å². The molecule has 0 bridgehead atoms. The van der Waals surface area contributed by atoms with E-state index in [1.165, 1.54) is 12.8 Å². The van der Waals surface area contributed by atoms with Gasteiger partial charge in [-0.1, -0.05) is 23.7 Å². The number of halogens is 1. The van der Waals surface area contributed by atoms with Crippen LogP contribution in [-0.4, -0.2) is 17.4 Å². The van der Waals surface area contributed by atoms with E-state index in [-0.39, 0.29) is 11.8 Å². The summed E-state index contributed by atoms with van der Waals surface area (Å²) in [6.07, 6.45) is 6.70. The van der Waals surface area contributed by atoms with Crippen molar-refractivity contribution in [3.8, 4) is 0 Å². The molecule has 0 spiro atoms. The van der Waals surface area contributed by atoms with Crippen LogP contribution < -0.4 is 4.90 Å². The minimum Gasteiger partial charge on any atom is -0.310 e. The Labute approximate surface area is 134 Å². The van der Waals surface area contributed by atoms with Crippen LogP contribution in [0.2, 0.25) is 5.02 Å². The number of pyridine rings is 1. The van der Waals surface area contributed by atoms with E-state index in [0.29, 0.717) is 5.92 Å². The van der Waals surface area contributed by atoms with Gasteiger partial charge in [-0.25, -0.2) is 0 Å². The zero-order chi connectivity index (χ0) is 15.1. The Hall–Kier alpha value is -1.87. The third kappa shape index (κ3) is 2.40. The van der Waals surface area contributed by atoms with Crippen LogP contribution in [-0.2, 0) is 11.2 Å². The molecular weight excluding hydrogens is 296 g/mol. The number of fused-ring (bicyclic) bond motifs is 1. The van der Waals surface area contributed by atoms with Crippen LogP contribution in [0.5, 0.6) is 0 Å². The molecule has 1 atom stereocenters. The summed E-state index contributed by atoms with van der Waals surface area (Å²) in [5, 5.41) is 0.775. The summed E-state index contributed by atoms with van der Waals surface area (Å²) in [4.78, 5) is 19.1. The standard InChI is InChI=1S/C18H17ClN2O/c19-17-5-1-4-14-15(17)9-16(14)18(22)21(11-12-6-7-12)13-3-2-8-20-10-13/h1-5,8,10,12,16H,6-7,9,11H2. The van der Waals surface area contributed by atoms with Gasteiger partial charge in [0.1, 0.15) is 0 Å². The molecule has 1 heterocycles. The van der Waals surface area contributed by atoms with Gasteiger partial charge in [-0.15, -0.1) is 0 Å². The number of amides is 1. The van der Waals surface area contributed by atoms with Gasteiger partial charge in [0.25, 0.3) is 0 Å². The molecule has 3 nitrogen and oxygen atoms in total. The maximum atomic E-state index is 13.0. The van der Waals surface area contributed by atoms with Crippen molar-refractivity contribution >= 4 is 23.2 Å². The summed E-state index contributed by atoms with van der Waals surface area (Å²) in [6.45, 7) is 0.803. The highest BCUT2D eigenvalue weighted by atomic mass is 35.5. The monoisotopic (exact) mass is 312 g/mol. The van der Waals surface area contributed by atoms with Gasteiger partial charge in [0.15, 0.2) is 0 Å². The molecule has 4 rings (SSSR count). The van der Waals surface area contributed by atoms with Crippen molar-refractivity contribution in [2.24, 2.45) is 5.92 Å². The molecule has 1 saturated carbocycles. The van der Waals surface area contributed by atoms with Crippen LogP contribution in [0.3, 0.4) is 0 Å². The Morgan fingerprint density at radius 3 is 2.86 bits per heavy atom. The SMILES string of the molecule is O=C(C1Cc2c(Cl)cccc21)N(CC1CC1)c1cccnc1. The number of hydrogen-bond donors (Lipinski definition) is 0. The van der Waals surface area contributed by atoms with Crippen molar-refractivity contribution in [3.63, 3.8) is 0 Å². The number of carbonyl (C=O) groups excluding carboxylic acids is 1. The summed E-state index contributed by atoms with van der Waals surface area (Å²) >= 11 is 6.19. The molecule has 1 aromatic carbocycles. The van der Waals surface area contributed by atoms with Gasteiger partial charge < -0.3 is 4.90 Å². The average molecular weight is 313 g/mol. The number of aromatic nitrogens is 1. The zero-order valence-electron chi connectivity index (χ0n) is 12.2. The topological polar surface area (TPSA) is 33.2 Å². The lowest BCUT2D eigenvalue weighted by atomic mass is 9.76. The molecule has 0 radical (unpaired) electrons. The van der Waals surface area contributed by atoms with Crippen LogP contribution in [0.1, 0.15) is 29.9 Å². The number of anilines is 1. The zero-order valence-corrected chi connectivity index (χ0v) is 13.0. The molecule has 1 fully saturated rings. The molecule has 2 aliphatic carbocycles. The van der Waals surface area contributed by atoms with Gasteiger partial charge in [0, 0.05) is 17.8 Å². The predicted molar refractivity (Wildman–Crippen MR) is 87.2 cm³/mol. The highest BCUT2D eigenvalue weighted by molar-refractivity contribution is 6.31. The molecule has 1 aromatic heterocycles. The first-order chi connectivity index (χ1) is 10.7. The summed E-state index contributed by atoms with van der Waals surface area (Å²) < 4.78 is 0. The van der Waals surface area contributed by atoms with Gasteiger partial charge in [-0.3, -0.25) is 9.78 Å². The fourth-order valence-electron chi connectivity index (χ4n) is 3.10. The minimum absolute atomic E-state index is 0.0624. The first-order valence-electron chi connectivity index (χ1n) is 7.72. The van der Waals surface area contributed by atoms with Crippen molar-refractivity contribution in [2.75, 3.05) is 11.4 Å². The second kappa shape index (κ2) is 5.40. The lowest BCUT2D eigenvalue weighted by molar-refractivity contribution is -0.120. The summed E-state index contributed by atoms with van der Waals surface area (Å²) in [5.74, 6) is 0.755. The normalized spacial score (nSPS) is 19.2. The molecular formula is C18H17ClN2O. The fourth-order valence-corrected chi connectivity index (χ4v) is 3.36.